The molecule has 0 bridgehead atoms. The van der Waals surface area contributed by atoms with Gasteiger partial charge in [-0.3, -0.25) is 0 Å². The fraction of sp³-hybridized carbons (Fsp3) is 0.438. The molecule has 2 aromatic rings. The highest BCUT2D eigenvalue weighted by atomic mass is 16.4. The van der Waals surface area contributed by atoms with Crippen molar-refractivity contribution in [2.24, 2.45) is 0 Å². The summed E-state index contributed by atoms with van der Waals surface area (Å²) in [6.07, 6.45) is 5.91. The minimum Gasteiger partial charge on any atom is -0.448 e. The summed E-state index contributed by atoms with van der Waals surface area (Å²) in [6.45, 7) is 0. The molecule has 21 heavy (non-hydrogen) atoms. The third-order valence-corrected chi connectivity index (χ3v) is 4.00. The predicted octanol–water partition coefficient (Wildman–Crippen LogP) is 2.67. The van der Waals surface area contributed by atoms with Crippen LogP contribution in [0.2, 0.25) is 0 Å². The quantitative estimate of drug-likeness (QED) is 0.828. The fourth-order valence-electron chi connectivity index (χ4n) is 2.92. The molecule has 0 spiro atoms. The highest BCUT2D eigenvalue weighted by Crippen LogP contribution is 2.34. The van der Waals surface area contributed by atoms with Crippen molar-refractivity contribution in [3.05, 3.63) is 53.7 Å². The number of nitrogens with zero attached hydrogens (tertiary/aromatic N) is 1. The first-order valence-electron chi connectivity index (χ1n) is 7.44. The number of aromatic nitrogens is 1. The van der Waals surface area contributed by atoms with Crippen molar-refractivity contribution in [2.75, 3.05) is 7.11 Å². The standard InChI is InChI=1S/C16H20BN2O2/c1-20-17-19-14-8-7-13(10-14)16-18-15(11-21-16)9-12-5-3-2-4-6-12/h2-6,11,13-14,19H,7-10H2,1H3. The molecular formula is C16H20BN2O2. The van der Waals surface area contributed by atoms with Crippen molar-refractivity contribution in [3.8, 4) is 0 Å². The van der Waals surface area contributed by atoms with Gasteiger partial charge in [0.1, 0.15) is 6.26 Å². The number of nitrogens with one attached hydrogen (secondary N) is 1. The van der Waals surface area contributed by atoms with Gasteiger partial charge in [-0.25, -0.2) is 4.98 Å². The van der Waals surface area contributed by atoms with Gasteiger partial charge in [-0.1, -0.05) is 30.3 Å². The summed E-state index contributed by atoms with van der Waals surface area (Å²) in [5.41, 5.74) is 2.27. The third kappa shape index (κ3) is 3.74. The van der Waals surface area contributed by atoms with Crippen LogP contribution in [0.4, 0.5) is 0 Å². The van der Waals surface area contributed by atoms with Crippen molar-refractivity contribution in [2.45, 2.75) is 37.6 Å². The molecule has 109 valence electrons. The molecule has 1 saturated carbocycles. The first-order valence-corrected chi connectivity index (χ1v) is 7.44. The van der Waals surface area contributed by atoms with Crippen molar-refractivity contribution in [3.63, 3.8) is 0 Å². The lowest BCUT2D eigenvalue weighted by atomic mass is 10.1. The van der Waals surface area contributed by atoms with E-state index in [1.165, 1.54) is 5.56 Å². The van der Waals surface area contributed by atoms with Crippen LogP contribution in [0.25, 0.3) is 0 Å². The Bertz CT molecular complexity index is 558. The van der Waals surface area contributed by atoms with Crippen LogP contribution >= 0.6 is 0 Å². The van der Waals surface area contributed by atoms with Gasteiger partial charge in [0.15, 0.2) is 5.89 Å². The van der Waals surface area contributed by atoms with Gasteiger partial charge in [0.25, 0.3) is 0 Å². The topological polar surface area (TPSA) is 47.3 Å². The zero-order valence-corrected chi connectivity index (χ0v) is 12.3. The molecule has 1 aromatic carbocycles. The van der Waals surface area contributed by atoms with Gasteiger partial charge in [-0.05, 0) is 30.9 Å². The Labute approximate surface area is 126 Å². The maximum atomic E-state index is 5.69. The van der Waals surface area contributed by atoms with E-state index in [0.29, 0.717) is 12.0 Å². The molecular weight excluding hydrogens is 263 g/mol. The SMILES string of the molecule is CO[B]NC1CCC(c2nc(Cc3ccccc3)co2)C1. The van der Waals surface area contributed by atoms with Crippen LogP contribution < -0.4 is 5.23 Å². The second kappa shape index (κ2) is 6.92. The molecule has 4 nitrogen and oxygen atoms in total. The van der Waals surface area contributed by atoms with E-state index in [4.69, 9.17) is 9.07 Å². The third-order valence-electron chi connectivity index (χ3n) is 4.00. The van der Waals surface area contributed by atoms with E-state index in [1.54, 1.807) is 21.0 Å². The lowest BCUT2D eigenvalue weighted by Crippen LogP contribution is -2.31. The summed E-state index contributed by atoms with van der Waals surface area (Å²) in [5.74, 6) is 1.29. The Morgan fingerprint density at radius 2 is 2.19 bits per heavy atom. The Hall–Kier alpha value is -1.59. The van der Waals surface area contributed by atoms with E-state index >= 15 is 0 Å². The van der Waals surface area contributed by atoms with Crippen molar-refractivity contribution in [1.29, 1.82) is 0 Å². The molecule has 3 rings (SSSR count). The van der Waals surface area contributed by atoms with Gasteiger partial charge < -0.3 is 14.3 Å². The van der Waals surface area contributed by atoms with Crippen LogP contribution in [0.3, 0.4) is 0 Å². The van der Waals surface area contributed by atoms with E-state index < -0.39 is 0 Å². The first kappa shape index (κ1) is 14.4. The number of oxazole rings is 1. The fourth-order valence-corrected chi connectivity index (χ4v) is 2.92. The van der Waals surface area contributed by atoms with Gasteiger partial charge >= 0.3 is 7.62 Å². The lowest BCUT2D eigenvalue weighted by Gasteiger charge is -2.09. The predicted molar refractivity (Wildman–Crippen MR) is 82.0 cm³/mol. The van der Waals surface area contributed by atoms with Crippen LogP contribution in [0.1, 0.15) is 42.3 Å². The molecule has 1 radical (unpaired) electrons. The van der Waals surface area contributed by atoms with Gasteiger partial charge in [0.2, 0.25) is 0 Å². The molecule has 1 aromatic heterocycles. The zero-order valence-electron chi connectivity index (χ0n) is 12.3. The van der Waals surface area contributed by atoms with Crippen molar-refractivity contribution < 1.29 is 9.07 Å². The van der Waals surface area contributed by atoms with E-state index in [2.05, 4.69) is 34.5 Å². The molecule has 1 aliphatic carbocycles. The number of hydrogen-bond donors (Lipinski definition) is 1. The lowest BCUT2D eigenvalue weighted by molar-refractivity contribution is 0.415. The largest absolute Gasteiger partial charge is 0.448 e. The number of benzene rings is 1. The summed E-state index contributed by atoms with van der Waals surface area (Å²) in [5, 5.41) is 3.26. The molecule has 0 saturated heterocycles. The second-order valence-electron chi connectivity index (χ2n) is 5.57. The molecule has 5 heteroatoms. The number of hydrogen-bond acceptors (Lipinski definition) is 4. The Morgan fingerprint density at radius 3 is 3.00 bits per heavy atom. The van der Waals surface area contributed by atoms with Crippen LogP contribution in [0.15, 0.2) is 41.0 Å². The minimum absolute atomic E-state index is 0.414. The van der Waals surface area contributed by atoms with E-state index in [1.807, 2.05) is 6.07 Å². The maximum absolute atomic E-state index is 5.69. The smallest absolute Gasteiger partial charge is 0.395 e. The Morgan fingerprint density at radius 1 is 1.33 bits per heavy atom. The molecule has 1 aliphatic rings. The van der Waals surface area contributed by atoms with Gasteiger partial charge in [0, 0.05) is 19.4 Å². The Kier molecular flexibility index (Phi) is 4.73. The average molecular weight is 283 g/mol. The van der Waals surface area contributed by atoms with E-state index in [0.717, 1.165) is 37.3 Å². The van der Waals surface area contributed by atoms with Crippen LogP contribution in [0, 0.1) is 0 Å². The van der Waals surface area contributed by atoms with Crippen molar-refractivity contribution >= 4 is 7.62 Å². The average Bonchev–Trinajstić information content (AvgIpc) is 3.15. The highest BCUT2D eigenvalue weighted by Gasteiger charge is 2.28. The monoisotopic (exact) mass is 283 g/mol. The van der Waals surface area contributed by atoms with Crippen molar-refractivity contribution in [1.82, 2.24) is 10.2 Å². The first-order chi connectivity index (χ1) is 10.3. The van der Waals surface area contributed by atoms with Crippen LogP contribution in [0.5, 0.6) is 0 Å². The summed E-state index contributed by atoms with van der Waals surface area (Å²) < 4.78 is 10.6. The van der Waals surface area contributed by atoms with Gasteiger partial charge in [0.05, 0.1) is 5.69 Å². The normalized spacial score (nSPS) is 21.6. The molecule has 1 fully saturated rings. The molecule has 2 atom stereocenters. The van der Waals surface area contributed by atoms with E-state index in [-0.39, 0.29) is 0 Å². The molecule has 1 N–H and O–H groups in total. The molecule has 0 aliphatic heterocycles. The summed E-state index contributed by atoms with van der Waals surface area (Å²) in [6, 6.07) is 10.8. The summed E-state index contributed by atoms with van der Waals surface area (Å²) in [4.78, 5) is 4.67. The Balaban J connectivity index is 1.58. The highest BCUT2D eigenvalue weighted by molar-refractivity contribution is 6.23. The molecule has 1 heterocycles. The van der Waals surface area contributed by atoms with Crippen LogP contribution in [-0.2, 0) is 11.1 Å². The summed E-state index contributed by atoms with van der Waals surface area (Å²) in [7, 11) is 3.31. The van der Waals surface area contributed by atoms with Gasteiger partial charge in [-0.2, -0.15) is 0 Å². The minimum atomic E-state index is 0.414. The van der Waals surface area contributed by atoms with Crippen LogP contribution in [-0.4, -0.2) is 25.8 Å². The summed E-state index contributed by atoms with van der Waals surface area (Å²) >= 11 is 0. The zero-order chi connectivity index (χ0) is 14.5. The van der Waals surface area contributed by atoms with Gasteiger partial charge in [-0.15, -0.1) is 0 Å². The number of rotatable bonds is 6. The second-order valence-corrected chi connectivity index (χ2v) is 5.57. The molecule has 0 amide bonds. The van der Waals surface area contributed by atoms with E-state index in [9.17, 15) is 0 Å². The maximum Gasteiger partial charge on any atom is 0.395 e. The molecule has 2 unspecified atom stereocenters.